The van der Waals surface area contributed by atoms with Crippen LogP contribution in [-0.2, 0) is 9.84 Å². The first-order valence-corrected chi connectivity index (χ1v) is 8.29. The summed E-state index contributed by atoms with van der Waals surface area (Å²) in [5.41, 5.74) is 0. The van der Waals surface area contributed by atoms with E-state index >= 15 is 0 Å². The lowest BCUT2D eigenvalue weighted by molar-refractivity contribution is 0.232. The highest BCUT2D eigenvalue weighted by Gasteiger charge is 2.30. The Hall–Kier alpha value is -0.820. The summed E-state index contributed by atoms with van der Waals surface area (Å²) in [6, 6.07) is -0.260. The van der Waals surface area contributed by atoms with Crippen LogP contribution in [0.4, 0.5) is 4.79 Å². The molecule has 0 saturated carbocycles. The average molecular weight is 275 g/mol. The minimum absolute atomic E-state index is 0.102. The largest absolute Gasteiger partial charge is 0.334 e. The van der Waals surface area contributed by atoms with Gasteiger partial charge in [-0.15, -0.1) is 0 Å². The number of piperidine rings is 1. The molecule has 2 rings (SSSR count). The van der Waals surface area contributed by atoms with Crippen LogP contribution in [0.2, 0.25) is 0 Å². The van der Waals surface area contributed by atoms with Crippen LogP contribution in [0.25, 0.3) is 0 Å². The van der Waals surface area contributed by atoms with Crippen LogP contribution in [0.1, 0.15) is 32.1 Å². The highest BCUT2D eigenvalue weighted by Crippen LogP contribution is 2.17. The second kappa shape index (κ2) is 5.88. The third kappa shape index (κ3) is 3.58. The zero-order chi connectivity index (χ0) is 13.0. The maximum Gasteiger partial charge on any atom is 0.316 e. The van der Waals surface area contributed by atoms with Gasteiger partial charge in [0, 0.05) is 12.6 Å². The lowest BCUT2D eigenvalue weighted by Gasteiger charge is -2.27. The highest BCUT2D eigenvalue weighted by atomic mass is 32.2. The molecule has 2 heterocycles. The number of nitrogens with one attached hydrogen (secondary N) is 3. The van der Waals surface area contributed by atoms with Gasteiger partial charge in [-0.05, 0) is 38.6 Å². The number of hydrogen-bond acceptors (Lipinski definition) is 4. The van der Waals surface area contributed by atoms with Crippen LogP contribution >= 0.6 is 0 Å². The Bertz CT molecular complexity index is 390. The van der Waals surface area contributed by atoms with Crippen LogP contribution in [0.15, 0.2) is 0 Å². The first kappa shape index (κ1) is 13.6. The van der Waals surface area contributed by atoms with Gasteiger partial charge in [-0.25, -0.2) is 13.2 Å². The van der Waals surface area contributed by atoms with Gasteiger partial charge < -0.3 is 16.0 Å². The van der Waals surface area contributed by atoms with Crippen LogP contribution in [0, 0.1) is 0 Å². The minimum atomic E-state index is -3.15. The molecule has 7 heteroatoms. The van der Waals surface area contributed by atoms with E-state index in [-0.39, 0.29) is 17.8 Å². The number of rotatable bonds is 2. The Morgan fingerprint density at radius 2 is 1.94 bits per heavy atom. The van der Waals surface area contributed by atoms with Crippen molar-refractivity contribution in [3.05, 3.63) is 0 Å². The molecule has 2 unspecified atom stereocenters. The molecule has 104 valence electrons. The van der Waals surface area contributed by atoms with Crippen molar-refractivity contribution in [1.29, 1.82) is 0 Å². The lowest BCUT2D eigenvalue weighted by Crippen LogP contribution is -2.53. The molecule has 18 heavy (non-hydrogen) atoms. The number of sulfone groups is 1. The maximum atomic E-state index is 11.8. The molecule has 2 aliphatic rings. The molecule has 2 aliphatic heterocycles. The molecular weight excluding hydrogens is 254 g/mol. The number of carbonyl (C=O) groups excluding carboxylic acids is 1. The first-order chi connectivity index (χ1) is 8.58. The lowest BCUT2D eigenvalue weighted by atomic mass is 10.1. The van der Waals surface area contributed by atoms with E-state index in [4.69, 9.17) is 0 Å². The second-order valence-corrected chi connectivity index (χ2v) is 7.32. The Morgan fingerprint density at radius 1 is 1.11 bits per heavy atom. The quantitative estimate of drug-likeness (QED) is 0.660. The summed E-state index contributed by atoms with van der Waals surface area (Å²) in [6.07, 6.45) is 4.06. The summed E-state index contributed by atoms with van der Waals surface area (Å²) in [5, 5.41) is 7.91. The zero-order valence-electron chi connectivity index (χ0n) is 10.4. The van der Waals surface area contributed by atoms with Gasteiger partial charge in [0.1, 0.15) is 5.37 Å². The van der Waals surface area contributed by atoms with E-state index in [1.165, 1.54) is 0 Å². The second-order valence-electron chi connectivity index (χ2n) is 5.01. The molecule has 0 aromatic carbocycles. The number of urea groups is 1. The van der Waals surface area contributed by atoms with Crippen LogP contribution in [0.3, 0.4) is 0 Å². The number of carbonyl (C=O) groups is 1. The molecule has 2 amide bonds. The third-order valence-electron chi connectivity index (χ3n) is 3.50. The average Bonchev–Trinajstić information content (AvgIpc) is 2.33. The van der Waals surface area contributed by atoms with E-state index in [0.717, 1.165) is 32.4 Å². The third-order valence-corrected chi connectivity index (χ3v) is 5.58. The van der Waals surface area contributed by atoms with Crippen LogP contribution in [-0.4, -0.2) is 44.7 Å². The highest BCUT2D eigenvalue weighted by molar-refractivity contribution is 7.92. The van der Waals surface area contributed by atoms with Gasteiger partial charge in [0.05, 0.1) is 5.75 Å². The van der Waals surface area contributed by atoms with Gasteiger partial charge in [-0.1, -0.05) is 0 Å². The molecule has 0 radical (unpaired) electrons. The molecule has 2 atom stereocenters. The van der Waals surface area contributed by atoms with Crippen molar-refractivity contribution >= 4 is 15.9 Å². The van der Waals surface area contributed by atoms with Crippen molar-refractivity contribution in [3.8, 4) is 0 Å². The van der Waals surface area contributed by atoms with Crippen molar-refractivity contribution < 1.29 is 13.2 Å². The first-order valence-electron chi connectivity index (χ1n) is 6.57. The minimum Gasteiger partial charge on any atom is -0.334 e. The van der Waals surface area contributed by atoms with Crippen molar-refractivity contribution in [2.45, 2.75) is 43.5 Å². The Morgan fingerprint density at radius 3 is 2.61 bits per heavy atom. The molecule has 3 N–H and O–H groups in total. The van der Waals surface area contributed by atoms with Crippen molar-refractivity contribution in [1.82, 2.24) is 16.0 Å². The van der Waals surface area contributed by atoms with Gasteiger partial charge in [0.15, 0.2) is 9.84 Å². The SMILES string of the molecule is O=C(NC1CCCNC1)NC1CCCCS1(=O)=O. The fourth-order valence-electron chi connectivity index (χ4n) is 2.47. The monoisotopic (exact) mass is 275 g/mol. The Labute approximate surface area is 108 Å². The molecule has 2 saturated heterocycles. The fraction of sp³-hybridized carbons (Fsp3) is 0.909. The van der Waals surface area contributed by atoms with Crippen LogP contribution < -0.4 is 16.0 Å². The zero-order valence-corrected chi connectivity index (χ0v) is 11.3. The van der Waals surface area contributed by atoms with E-state index in [9.17, 15) is 13.2 Å². The van der Waals surface area contributed by atoms with Gasteiger partial charge >= 0.3 is 6.03 Å². The normalized spacial score (nSPS) is 31.6. The van der Waals surface area contributed by atoms with Gasteiger partial charge in [-0.2, -0.15) is 0 Å². The molecule has 0 aromatic heterocycles. The summed E-state index contributed by atoms with van der Waals surface area (Å²) < 4.78 is 23.5. The summed E-state index contributed by atoms with van der Waals surface area (Å²) in [5.74, 6) is 0.183. The molecule has 2 fully saturated rings. The van der Waals surface area contributed by atoms with Crippen molar-refractivity contribution in [2.24, 2.45) is 0 Å². The standard InChI is InChI=1S/C11H21N3O3S/c15-11(13-9-4-3-6-12-8-9)14-10-5-1-2-7-18(10,16)17/h9-10,12H,1-8H2,(H2,13,14,15). The molecule has 0 bridgehead atoms. The van der Waals surface area contributed by atoms with Crippen molar-refractivity contribution in [3.63, 3.8) is 0 Å². The molecule has 0 aromatic rings. The number of amides is 2. The Kier molecular flexibility index (Phi) is 4.45. The summed E-state index contributed by atoms with van der Waals surface area (Å²) in [4.78, 5) is 11.8. The van der Waals surface area contributed by atoms with Gasteiger partial charge in [-0.3, -0.25) is 0 Å². The summed E-state index contributed by atoms with van der Waals surface area (Å²) in [7, 11) is -3.15. The topological polar surface area (TPSA) is 87.3 Å². The number of hydrogen-bond donors (Lipinski definition) is 3. The summed E-state index contributed by atoms with van der Waals surface area (Å²) in [6.45, 7) is 1.74. The maximum absolute atomic E-state index is 11.8. The smallest absolute Gasteiger partial charge is 0.316 e. The van der Waals surface area contributed by atoms with E-state index in [2.05, 4.69) is 16.0 Å². The van der Waals surface area contributed by atoms with E-state index in [1.54, 1.807) is 0 Å². The summed E-state index contributed by atoms with van der Waals surface area (Å²) >= 11 is 0. The van der Waals surface area contributed by atoms with E-state index in [1.807, 2.05) is 0 Å². The molecular formula is C11H21N3O3S. The molecule has 0 spiro atoms. The van der Waals surface area contributed by atoms with Crippen LogP contribution in [0.5, 0.6) is 0 Å². The predicted molar refractivity (Wildman–Crippen MR) is 69.0 cm³/mol. The Balaban J connectivity index is 1.82. The van der Waals surface area contributed by atoms with E-state index in [0.29, 0.717) is 12.8 Å². The predicted octanol–water partition coefficient (Wildman–Crippen LogP) is -0.0376. The van der Waals surface area contributed by atoms with Crippen molar-refractivity contribution in [2.75, 3.05) is 18.8 Å². The molecule has 6 nitrogen and oxygen atoms in total. The van der Waals surface area contributed by atoms with E-state index < -0.39 is 15.2 Å². The van der Waals surface area contributed by atoms with Gasteiger partial charge in [0.2, 0.25) is 0 Å². The fourth-order valence-corrected chi connectivity index (χ4v) is 4.17. The van der Waals surface area contributed by atoms with Gasteiger partial charge in [0.25, 0.3) is 0 Å². The molecule has 0 aliphatic carbocycles.